The van der Waals surface area contributed by atoms with E-state index in [0.717, 1.165) is 24.8 Å². The lowest BCUT2D eigenvalue weighted by molar-refractivity contribution is -0.137. The van der Waals surface area contributed by atoms with Crippen LogP contribution in [0, 0.1) is 0 Å². The Morgan fingerprint density at radius 2 is 2.08 bits per heavy atom. The molecule has 8 nitrogen and oxygen atoms in total. The average molecular weight is 541 g/mol. The summed E-state index contributed by atoms with van der Waals surface area (Å²) in [6.45, 7) is 2.74. The van der Waals surface area contributed by atoms with Crippen LogP contribution in [0.5, 0.6) is 0 Å². The first-order chi connectivity index (χ1) is 19.4. The van der Waals surface area contributed by atoms with Crippen molar-refractivity contribution in [3.63, 3.8) is 0 Å². The molecule has 3 aromatic rings. The number of rotatable bonds is 4. The topological polar surface area (TPSA) is 86.0 Å². The minimum Gasteiger partial charge on any atom is -0.466 e. The number of benzene rings is 1. The van der Waals surface area contributed by atoms with Crippen LogP contribution in [0.1, 0.15) is 59.1 Å². The molecular formula is C31H29FN4O4. The number of allylic oxidation sites excluding steroid dienone is 2. The van der Waals surface area contributed by atoms with Gasteiger partial charge in [0.1, 0.15) is 11.5 Å². The Morgan fingerprint density at radius 3 is 2.85 bits per heavy atom. The summed E-state index contributed by atoms with van der Waals surface area (Å²) in [5, 5.41) is 4.68. The molecule has 0 saturated heterocycles. The minimum atomic E-state index is -0.540. The zero-order valence-corrected chi connectivity index (χ0v) is 22.4. The van der Waals surface area contributed by atoms with Gasteiger partial charge in [0.2, 0.25) is 0 Å². The fraction of sp³-hybridized carbons (Fsp3) is 0.355. The third-order valence-corrected chi connectivity index (χ3v) is 8.58. The highest BCUT2D eigenvalue weighted by Gasteiger charge is 2.54. The molecule has 7 rings (SSSR count). The lowest BCUT2D eigenvalue weighted by Gasteiger charge is -2.38. The lowest BCUT2D eigenvalue weighted by Crippen LogP contribution is -2.45. The van der Waals surface area contributed by atoms with E-state index in [9.17, 15) is 9.59 Å². The van der Waals surface area contributed by atoms with Crippen LogP contribution in [0.3, 0.4) is 0 Å². The monoisotopic (exact) mass is 540 g/mol. The maximum absolute atomic E-state index is 15.8. The van der Waals surface area contributed by atoms with Gasteiger partial charge in [-0.1, -0.05) is 37.3 Å². The fourth-order valence-corrected chi connectivity index (χ4v) is 6.35. The molecule has 40 heavy (non-hydrogen) atoms. The number of aryl methyl sites for hydroxylation is 1. The summed E-state index contributed by atoms with van der Waals surface area (Å²) in [7, 11) is 1.29. The molecule has 204 valence electrons. The normalized spacial score (nSPS) is 21.1. The molecular weight excluding hydrogens is 511 g/mol. The standard InChI is InChI=1S/C31H29FN4O4/c1-3-18-15-24(29(37)35-13-10-19-6-4-5-7-23(19)31(35)11-12-31)34-36-16-25(33-28(18)36)21-8-9-26-22(27(21)32)14-20(17-40-26)30(38)39-2/h4-8,14-16,26H,3,9-13,17H2,1-2H3. The SMILES string of the molecule is CCc1cc(C(=O)N2CCc3ccccc3C23CC3)nn2cc(C3=CCC4OCC(C(=O)OC)=CC4=C3F)nc12. The molecule has 0 radical (unpaired) electrons. The summed E-state index contributed by atoms with van der Waals surface area (Å²) in [6.07, 6.45) is 8.31. The third kappa shape index (κ3) is 3.75. The number of halogens is 1. The van der Waals surface area contributed by atoms with E-state index < -0.39 is 17.9 Å². The number of hydrogen-bond acceptors (Lipinski definition) is 6. The number of nitrogens with zero attached hydrogens (tertiary/aromatic N) is 4. The van der Waals surface area contributed by atoms with Gasteiger partial charge in [-0.05, 0) is 60.9 Å². The van der Waals surface area contributed by atoms with E-state index in [-0.39, 0.29) is 23.6 Å². The van der Waals surface area contributed by atoms with Crippen molar-refractivity contribution in [3.8, 4) is 0 Å². The molecule has 1 fully saturated rings. The minimum absolute atomic E-state index is 0.0795. The quantitative estimate of drug-likeness (QED) is 0.454. The molecule has 2 aliphatic heterocycles. The first-order valence-corrected chi connectivity index (χ1v) is 13.7. The molecule has 1 spiro atoms. The fourth-order valence-electron chi connectivity index (χ4n) is 6.35. The molecule has 2 aliphatic carbocycles. The van der Waals surface area contributed by atoms with Crippen molar-refractivity contribution in [2.75, 3.05) is 20.3 Å². The van der Waals surface area contributed by atoms with E-state index in [4.69, 9.17) is 14.5 Å². The predicted octanol–water partition coefficient (Wildman–Crippen LogP) is 4.49. The molecule has 0 bridgehead atoms. The Kier molecular flexibility index (Phi) is 5.75. The number of amides is 1. The third-order valence-electron chi connectivity index (χ3n) is 8.58. The first-order valence-electron chi connectivity index (χ1n) is 13.7. The van der Waals surface area contributed by atoms with E-state index >= 15 is 4.39 Å². The summed E-state index contributed by atoms with van der Waals surface area (Å²) in [5.41, 5.74) is 5.45. The Hall–Kier alpha value is -4.11. The van der Waals surface area contributed by atoms with E-state index in [0.29, 0.717) is 47.6 Å². The highest BCUT2D eigenvalue weighted by Crippen LogP contribution is 2.54. The molecule has 1 unspecified atom stereocenters. The van der Waals surface area contributed by atoms with Crippen LogP contribution < -0.4 is 0 Å². The molecule has 9 heteroatoms. The van der Waals surface area contributed by atoms with Crippen molar-refractivity contribution in [1.29, 1.82) is 0 Å². The maximum atomic E-state index is 15.8. The van der Waals surface area contributed by atoms with Crippen LogP contribution in [-0.4, -0.2) is 57.7 Å². The van der Waals surface area contributed by atoms with Gasteiger partial charge in [-0.25, -0.2) is 18.7 Å². The molecule has 1 atom stereocenters. The van der Waals surface area contributed by atoms with Gasteiger partial charge in [-0.3, -0.25) is 4.79 Å². The first kappa shape index (κ1) is 24.9. The van der Waals surface area contributed by atoms with Crippen molar-refractivity contribution >= 4 is 23.1 Å². The van der Waals surface area contributed by atoms with Gasteiger partial charge < -0.3 is 14.4 Å². The van der Waals surface area contributed by atoms with Gasteiger partial charge in [-0.15, -0.1) is 0 Å². The maximum Gasteiger partial charge on any atom is 0.336 e. The van der Waals surface area contributed by atoms with Gasteiger partial charge in [0.25, 0.3) is 5.91 Å². The Balaban J connectivity index is 1.25. The number of fused-ring (bicyclic) bond motifs is 4. The Bertz CT molecular complexity index is 1680. The Morgan fingerprint density at radius 1 is 1.25 bits per heavy atom. The molecule has 4 heterocycles. The number of esters is 1. The molecule has 1 amide bonds. The van der Waals surface area contributed by atoms with E-state index in [1.165, 1.54) is 24.3 Å². The van der Waals surface area contributed by atoms with Crippen molar-refractivity contribution < 1.29 is 23.5 Å². The van der Waals surface area contributed by atoms with Gasteiger partial charge in [0.05, 0.1) is 42.8 Å². The van der Waals surface area contributed by atoms with E-state index in [1.807, 2.05) is 24.0 Å². The van der Waals surface area contributed by atoms with Crippen LogP contribution in [0.25, 0.3) is 11.2 Å². The van der Waals surface area contributed by atoms with Gasteiger partial charge in [0, 0.05) is 17.7 Å². The van der Waals surface area contributed by atoms with Crippen LogP contribution in [0.2, 0.25) is 0 Å². The zero-order chi connectivity index (χ0) is 27.6. The van der Waals surface area contributed by atoms with Crippen molar-refractivity contribution in [2.45, 2.75) is 50.7 Å². The molecule has 0 N–H and O–H groups in total. The number of carbonyl (C=O) groups excluding carboxylic acids is 2. The molecule has 2 aromatic heterocycles. The second-order valence-corrected chi connectivity index (χ2v) is 10.8. The number of imidazole rings is 1. The van der Waals surface area contributed by atoms with Gasteiger partial charge >= 0.3 is 5.97 Å². The number of methoxy groups -OCH3 is 1. The zero-order valence-electron chi connectivity index (χ0n) is 22.4. The summed E-state index contributed by atoms with van der Waals surface area (Å²) in [6, 6.07) is 10.2. The number of ether oxygens (including phenoxy) is 2. The van der Waals surface area contributed by atoms with E-state index in [1.54, 1.807) is 16.8 Å². The van der Waals surface area contributed by atoms with E-state index in [2.05, 4.69) is 23.3 Å². The van der Waals surface area contributed by atoms with Crippen LogP contribution in [-0.2, 0) is 32.6 Å². The lowest BCUT2D eigenvalue weighted by atomic mass is 9.90. The number of aromatic nitrogens is 3. The van der Waals surface area contributed by atoms with Crippen LogP contribution in [0.4, 0.5) is 4.39 Å². The summed E-state index contributed by atoms with van der Waals surface area (Å²) >= 11 is 0. The average Bonchev–Trinajstić information content (AvgIpc) is 3.65. The van der Waals surface area contributed by atoms with Crippen LogP contribution in [0.15, 0.2) is 65.7 Å². The summed E-state index contributed by atoms with van der Waals surface area (Å²) < 4.78 is 27.9. The molecule has 1 aromatic carbocycles. The number of hydrogen-bond donors (Lipinski definition) is 0. The second-order valence-electron chi connectivity index (χ2n) is 10.8. The van der Waals surface area contributed by atoms with Crippen molar-refractivity contribution in [1.82, 2.24) is 19.5 Å². The highest BCUT2D eigenvalue weighted by atomic mass is 19.1. The predicted molar refractivity (Wildman–Crippen MR) is 145 cm³/mol. The number of carbonyl (C=O) groups is 2. The van der Waals surface area contributed by atoms with Crippen LogP contribution >= 0.6 is 0 Å². The van der Waals surface area contributed by atoms with Gasteiger partial charge in [-0.2, -0.15) is 5.10 Å². The summed E-state index contributed by atoms with van der Waals surface area (Å²) in [5.74, 6) is -1.12. The van der Waals surface area contributed by atoms with Gasteiger partial charge in [0.15, 0.2) is 5.65 Å². The second kappa shape index (κ2) is 9.23. The Labute approximate surface area is 230 Å². The smallest absolute Gasteiger partial charge is 0.336 e. The van der Waals surface area contributed by atoms with Crippen molar-refractivity contribution in [2.24, 2.45) is 0 Å². The molecule has 4 aliphatic rings. The van der Waals surface area contributed by atoms with Crippen molar-refractivity contribution in [3.05, 3.63) is 93.7 Å². The molecule has 1 saturated carbocycles. The largest absolute Gasteiger partial charge is 0.466 e. The highest BCUT2D eigenvalue weighted by molar-refractivity contribution is 5.94. The summed E-state index contributed by atoms with van der Waals surface area (Å²) in [4.78, 5) is 32.6.